The minimum atomic E-state index is -0.705. The number of para-hydroxylation sites is 1. The maximum absolute atomic E-state index is 13.0. The Labute approximate surface area is 217 Å². The van der Waals surface area contributed by atoms with Crippen LogP contribution in [0.25, 0.3) is 0 Å². The fourth-order valence-corrected chi connectivity index (χ4v) is 4.36. The quantitative estimate of drug-likeness (QED) is 0.345. The van der Waals surface area contributed by atoms with Crippen LogP contribution in [0.1, 0.15) is 35.7 Å². The van der Waals surface area contributed by atoms with E-state index in [1.165, 1.54) is 18.2 Å². The number of carbonyl (C=O) groups is 3. The lowest BCUT2D eigenvalue weighted by Gasteiger charge is -2.17. The number of nitrogens with zero attached hydrogens (tertiary/aromatic N) is 1. The molecule has 3 amide bonds. The lowest BCUT2D eigenvalue weighted by Crippen LogP contribution is -2.32. The number of benzene rings is 3. The summed E-state index contributed by atoms with van der Waals surface area (Å²) in [5.74, 6) is -1.37. The zero-order chi connectivity index (χ0) is 25.3. The topological polar surface area (TPSA) is 78.5 Å². The molecule has 178 valence electrons. The lowest BCUT2D eigenvalue weighted by molar-refractivity contribution is -0.120. The minimum absolute atomic E-state index is 0.0919. The van der Waals surface area contributed by atoms with Gasteiger partial charge in [-0.05, 0) is 60.0 Å². The van der Waals surface area contributed by atoms with Gasteiger partial charge in [0, 0.05) is 22.0 Å². The van der Waals surface area contributed by atoms with E-state index in [0.29, 0.717) is 16.3 Å². The van der Waals surface area contributed by atoms with E-state index in [-0.39, 0.29) is 33.3 Å². The molecular weight excluding hydrogens is 509 g/mol. The first kappa shape index (κ1) is 24.8. The van der Waals surface area contributed by atoms with Crippen LogP contribution < -0.4 is 15.5 Å². The number of amides is 3. The number of rotatable bonds is 6. The first-order chi connectivity index (χ1) is 16.7. The molecular formula is C26H20Cl3N3O3. The molecule has 0 unspecified atom stereocenters. The van der Waals surface area contributed by atoms with Crippen LogP contribution in [0.2, 0.25) is 10.0 Å². The Hall–Kier alpha value is -3.32. The molecule has 0 saturated heterocycles. The van der Waals surface area contributed by atoms with E-state index < -0.39 is 11.8 Å². The Morgan fingerprint density at radius 3 is 2.23 bits per heavy atom. The number of anilines is 3. The van der Waals surface area contributed by atoms with Crippen LogP contribution in [-0.2, 0) is 9.59 Å². The van der Waals surface area contributed by atoms with Crippen molar-refractivity contribution in [2.75, 3.05) is 15.5 Å². The first-order valence-corrected chi connectivity index (χ1v) is 11.8. The van der Waals surface area contributed by atoms with E-state index in [0.717, 1.165) is 16.2 Å². The van der Waals surface area contributed by atoms with Crippen molar-refractivity contribution >= 4 is 69.6 Å². The summed E-state index contributed by atoms with van der Waals surface area (Å²) in [6.07, 6.45) is 0. The van der Waals surface area contributed by atoms with Gasteiger partial charge in [0.15, 0.2) is 0 Å². The number of hydrogen-bond acceptors (Lipinski definition) is 4. The molecule has 0 aromatic heterocycles. The molecule has 1 heterocycles. The van der Waals surface area contributed by atoms with Crippen LogP contribution in [0.3, 0.4) is 0 Å². The molecule has 35 heavy (non-hydrogen) atoms. The Kier molecular flexibility index (Phi) is 7.17. The van der Waals surface area contributed by atoms with Crippen LogP contribution in [0.4, 0.5) is 17.1 Å². The molecule has 3 aromatic rings. The number of hydrogen-bond donors (Lipinski definition) is 2. The summed E-state index contributed by atoms with van der Waals surface area (Å²) in [5, 5.41) is 6.05. The average molecular weight is 529 g/mol. The van der Waals surface area contributed by atoms with Crippen LogP contribution in [0.15, 0.2) is 77.5 Å². The molecule has 1 aliphatic heterocycles. The molecule has 6 nitrogen and oxygen atoms in total. The summed E-state index contributed by atoms with van der Waals surface area (Å²) < 4.78 is 0. The molecule has 9 heteroatoms. The zero-order valence-electron chi connectivity index (χ0n) is 18.7. The van der Waals surface area contributed by atoms with Gasteiger partial charge in [0.1, 0.15) is 10.7 Å². The van der Waals surface area contributed by atoms with Crippen molar-refractivity contribution in [1.29, 1.82) is 0 Å². The van der Waals surface area contributed by atoms with Crippen LogP contribution in [0.5, 0.6) is 0 Å². The second kappa shape index (κ2) is 10.1. The Morgan fingerprint density at radius 2 is 1.57 bits per heavy atom. The van der Waals surface area contributed by atoms with Crippen molar-refractivity contribution in [3.63, 3.8) is 0 Å². The lowest BCUT2D eigenvalue weighted by atomic mass is 10.0. The summed E-state index contributed by atoms with van der Waals surface area (Å²) in [4.78, 5) is 39.3. The molecule has 0 fully saturated rings. The van der Waals surface area contributed by atoms with Crippen LogP contribution >= 0.6 is 34.8 Å². The highest BCUT2D eigenvalue weighted by molar-refractivity contribution is 6.54. The van der Waals surface area contributed by atoms with Crippen molar-refractivity contribution in [2.45, 2.75) is 19.8 Å². The first-order valence-electron chi connectivity index (χ1n) is 10.7. The molecule has 0 aliphatic carbocycles. The van der Waals surface area contributed by atoms with Crippen molar-refractivity contribution in [2.24, 2.45) is 0 Å². The van der Waals surface area contributed by atoms with Crippen molar-refractivity contribution in [3.05, 3.63) is 98.6 Å². The van der Waals surface area contributed by atoms with Gasteiger partial charge >= 0.3 is 0 Å². The molecule has 0 atom stereocenters. The summed E-state index contributed by atoms with van der Waals surface area (Å²) in [6.45, 7) is 4.12. The smallest absolute Gasteiger partial charge is 0.283 e. The van der Waals surface area contributed by atoms with Crippen LogP contribution in [0, 0.1) is 0 Å². The van der Waals surface area contributed by atoms with Crippen molar-refractivity contribution in [3.8, 4) is 0 Å². The van der Waals surface area contributed by atoms with Gasteiger partial charge in [-0.1, -0.05) is 66.8 Å². The van der Waals surface area contributed by atoms with E-state index in [2.05, 4.69) is 24.5 Å². The van der Waals surface area contributed by atoms with Gasteiger partial charge in [-0.25, -0.2) is 4.90 Å². The molecule has 0 saturated carbocycles. The predicted molar refractivity (Wildman–Crippen MR) is 140 cm³/mol. The normalized spacial score (nSPS) is 13.6. The number of carbonyl (C=O) groups excluding carboxylic acids is 3. The summed E-state index contributed by atoms with van der Waals surface area (Å²) in [6, 6.07) is 18.5. The highest BCUT2D eigenvalue weighted by atomic mass is 35.5. The predicted octanol–water partition coefficient (Wildman–Crippen LogP) is 6.80. The minimum Gasteiger partial charge on any atom is -0.350 e. The molecule has 3 aromatic carbocycles. The fraction of sp³-hybridized carbons (Fsp3) is 0.115. The molecule has 2 N–H and O–H groups in total. The third kappa shape index (κ3) is 5.05. The maximum atomic E-state index is 13.0. The maximum Gasteiger partial charge on any atom is 0.283 e. The summed E-state index contributed by atoms with van der Waals surface area (Å²) in [5.41, 5.74) is 2.78. The standard InChI is InChI=1S/C26H20Cl3N3O3/c1-14(2)18-5-3-4-6-20(18)31-24(33)15-7-10-17(11-8-15)30-23-22(29)25(34)32(26(23)35)21-12-9-16(27)13-19(21)28/h3-14,30H,1-2H3,(H,31,33). The van der Waals surface area contributed by atoms with Gasteiger partial charge in [0.2, 0.25) is 0 Å². The molecule has 4 rings (SSSR count). The number of imide groups is 1. The second-order valence-electron chi connectivity index (χ2n) is 8.13. The summed E-state index contributed by atoms with van der Waals surface area (Å²) >= 11 is 18.3. The summed E-state index contributed by atoms with van der Waals surface area (Å²) in [7, 11) is 0. The van der Waals surface area contributed by atoms with E-state index in [1.54, 1.807) is 24.3 Å². The van der Waals surface area contributed by atoms with Gasteiger partial charge in [-0.15, -0.1) is 0 Å². The highest BCUT2D eigenvalue weighted by Gasteiger charge is 2.39. The van der Waals surface area contributed by atoms with E-state index >= 15 is 0 Å². The third-order valence-corrected chi connectivity index (χ3v) is 6.31. The van der Waals surface area contributed by atoms with Gasteiger partial charge in [-0.2, -0.15) is 0 Å². The number of halogens is 3. The van der Waals surface area contributed by atoms with Crippen LogP contribution in [-0.4, -0.2) is 17.7 Å². The molecule has 0 bridgehead atoms. The van der Waals surface area contributed by atoms with E-state index in [1.807, 2.05) is 24.3 Å². The Bertz CT molecular complexity index is 1370. The zero-order valence-corrected chi connectivity index (χ0v) is 21.0. The molecule has 1 aliphatic rings. The highest BCUT2D eigenvalue weighted by Crippen LogP contribution is 2.35. The Balaban J connectivity index is 1.50. The SMILES string of the molecule is CC(C)c1ccccc1NC(=O)c1ccc(NC2=C(Cl)C(=O)N(c3ccc(Cl)cc3Cl)C2=O)cc1. The van der Waals surface area contributed by atoms with Crippen molar-refractivity contribution < 1.29 is 14.4 Å². The van der Waals surface area contributed by atoms with E-state index in [4.69, 9.17) is 34.8 Å². The van der Waals surface area contributed by atoms with Crippen molar-refractivity contribution in [1.82, 2.24) is 0 Å². The van der Waals surface area contributed by atoms with Gasteiger partial charge in [0.05, 0.1) is 10.7 Å². The van der Waals surface area contributed by atoms with Gasteiger partial charge < -0.3 is 10.6 Å². The number of nitrogens with one attached hydrogen (secondary N) is 2. The Morgan fingerprint density at radius 1 is 0.886 bits per heavy atom. The average Bonchev–Trinajstić information content (AvgIpc) is 3.03. The van der Waals surface area contributed by atoms with Gasteiger partial charge in [0.25, 0.3) is 17.7 Å². The third-order valence-electron chi connectivity index (χ3n) is 5.43. The monoisotopic (exact) mass is 527 g/mol. The largest absolute Gasteiger partial charge is 0.350 e. The molecule has 0 spiro atoms. The molecule has 0 radical (unpaired) electrons. The fourth-order valence-electron chi connectivity index (χ4n) is 3.65. The second-order valence-corrected chi connectivity index (χ2v) is 9.35. The van der Waals surface area contributed by atoms with Gasteiger partial charge in [-0.3, -0.25) is 14.4 Å². The van der Waals surface area contributed by atoms with E-state index in [9.17, 15) is 14.4 Å².